The van der Waals surface area contributed by atoms with E-state index >= 15 is 0 Å². The average Bonchev–Trinajstić information content (AvgIpc) is 3.15. The van der Waals surface area contributed by atoms with Gasteiger partial charge < -0.3 is 15.6 Å². The van der Waals surface area contributed by atoms with Crippen molar-refractivity contribution in [3.8, 4) is 0 Å². The van der Waals surface area contributed by atoms with Crippen LogP contribution < -0.4 is 10.6 Å². The van der Waals surface area contributed by atoms with Crippen LogP contribution in [-0.4, -0.2) is 9.97 Å². The summed E-state index contributed by atoms with van der Waals surface area (Å²) in [4.78, 5) is 8.21. The number of hydrogen-bond donors (Lipinski definition) is 3. The average molecular weight is 475 g/mol. The van der Waals surface area contributed by atoms with Crippen molar-refractivity contribution in [2.75, 3.05) is 10.6 Å². The van der Waals surface area contributed by atoms with E-state index in [1.54, 1.807) is 0 Å². The van der Waals surface area contributed by atoms with Gasteiger partial charge in [0.25, 0.3) is 0 Å². The minimum atomic E-state index is 0.0353. The first kappa shape index (κ1) is 24.2. The Balaban J connectivity index is 1.55. The molecule has 0 aliphatic heterocycles. The van der Waals surface area contributed by atoms with Gasteiger partial charge in [-0.15, -0.1) is 0 Å². The maximum Gasteiger partial charge on any atom is 0.205 e. The predicted molar refractivity (Wildman–Crippen MR) is 146 cm³/mol. The van der Waals surface area contributed by atoms with E-state index in [0.29, 0.717) is 11.8 Å². The van der Waals surface area contributed by atoms with Crippen LogP contribution >= 0.6 is 11.6 Å². The Labute approximate surface area is 208 Å². The summed E-state index contributed by atoms with van der Waals surface area (Å²) >= 11 is 6.14. The molecule has 3 N–H and O–H groups in total. The number of aromatic amines is 1. The molecule has 0 spiro atoms. The van der Waals surface area contributed by atoms with E-state index in [1.165, 1.54) is 0 Å². The molecule has 3 atom stereocenters. The third-order valence-corrected chi connectivity index (χ3v) is 6.74. The fourth-order valence-corrected chi connectivity index (χ4v) is 5.02. The summed E-state index contributed by atoms with van der Waals surface area (Å²) in [7, 11) is 0. The number of halogens is 1. The maximum atomic E-state index is 6.14. The molecule has 1 aliphatic carbocycles. The molecule has 34 heavy (non-hydrogen) atoms. The largest absolute Gasteiger partial charge is 0.375 e. The molecule has 4 nitrogen and oxygen atoms in total. The third kappa shape index (κ3) is 5.39. The van der Waals surface area contributed by atoms with Crippen molar-refractivity contribution in [2.45, 2.75) is 47.6 Å². The summed E-state index contributed by atoms with van der Waals surface area (Å²) < 4.78 is 0. The molecule has 0 bridgehead atoms. The summed E-state index contributed by atoms with van der Waals surface area (Å²) in [6, 6.07) is 12.3. The standard InChI is InChI=1S/C29H35ClN4/c1-7-8-25(32-24-14-10-21(30)15-19(24)3)20-9-13-26-27(17-20)34-28(33-26)31-22-11-12-23(18(2)16-22)29(4,5)6/h7-18,23,25,32H,1-6H3,(H2,31,33,34)/b8-7-. The van der Waals surface area contributed by atoms with E-state index in [2.05, 4.69) is 98.8 Å². The second-order valence-corrected chi connectivity index (χ2v) is 10.8. The van der Waals surface area contributed by atoms with Gasteiger partial charge in [0, 0.05) is 16.4 Å². The Hall–Kier alpha value is -2.98. The molecule has 0 saturated carbocycles. The van der Waals surface area contributed by atoms with Gasteiger partial charge in [-0.1, -0.05) is 69.7 Å². The molecule has 0 saturated heterocycles. The van der Waals surface area contributed by atoms with Gasteiger partial charge in [-0.25, -0.2) is 4.98 Å². The number of nitrogens with one attached hydrogen (secondary N) is 3. The number of allylic oxidation sites excluding steroid dienone is 4. The summed E-state index contributed by atoms with van der Waals surface area (Å²) in [6.45, 7) is 13.3. The molecule has 3 aromatic rings. The van der Waals surface area contributed by atoms with Crippen molar-refractivity contribution < 1.29 is 0 Å². The van der Waals surface area contributed by atoms with Gasteiger partial charge in [-0.2, -0.15) is 0 Å². The molecule has 5 heteroatoms. The lowest BCUT2D eigenvalue weighted by Gasteiger charge is -2.34. The Morgan fingerprint density at radius 3 is 2.62 bits per heavy atom. The molecule has 0 fully saturated rings. The van der Waals surface area contributed by atoms with Gasteiger partial charge in [-0.3, -0.25) is 0 Å². The monoisotopic (exact) mass is 474 g/mol. The number of hydrogen-bond acceptors (Lipinski definition) is 3. The minimum absolute atomic E-state index is 0.0353. The van der Waals surface area contributed by atoms with Gasteiger partial charge in [0.15, 0.2) is 0 Å². The molecule has 1 aromatic heterocycles. The minimum Gasteiger partial charge on any atom is -0.375 e. The zero-order chi connectivity index (χ0) is 24.5. The summed E-state index contributed by atoms with van der Waals surface area (Å²) in [6.07, 6.45) is 11.0. The maximum absolute atomic E-state index is 6.14. The fraction of sp³-hybridized carbons (Fsp3) is 0.345. The number of imidazole rings is 1. The van der Waals surface area contributed by atoms with Gasteiger partial charge in [0.05, 0.1) is 17.1 Å². The zero-order valence-corrected chi connectivity index (χ0v) is 21.7. The zero-order valence-electron chi connectivity index (χ0n) is 20.9. The van der Waals surface area contributed by atoms with Crippen LogP contribution in [0.4, 0.5) is 11.6 Å². The molecule has 1 aliphatic rings. The SMILES string of the molecule is C/C=C\C(Nc1ccc(Cl)cc1C)c1ccc2nc(NC3=CC(C)C(C(C)(C)C)C=C3)[nH]c2c1. The van der Waals surface area contributed by atoms with Crippen LogP contribution in [0, 0.1) is 24.2 Å². The molecule has 0 radical (unpaired) electrons. The molecule has 2 aromatic carbocycles. The Morgan fingerprint density at radius 2 is 1.94 bits per heavy atom. The van der Waals surface area contributed by atoms with Crippen molar-refractivity contribution in [3.05, 3.63) is 88.6 Å². The van der Waals surface area contributed by atoms with Gasteiger partial charge in [-0.05, 0) is 78.6 Å². The first-order chi connectivity index (χ1) is 16.1. The molecule has 4 rings (SSSR count). The van der Waals surface area contributed by atoms with Crippen molar-refractivity contribution >= 4 is 34.3 Å². The Morgan fingerprint density at radius 1 is 1.15 bits per heavy atom. The van der Waals surface area contributed by atoms with Crippen molar-refractivity contribution in [1.29, 1.82) is 0 Å². The van der Waals surface area contributed by atoms with Crippen LogP contribution in [0.2, 0.25) is 5.02 Å². The number of H-pyrrole nitrogens is 1. The van der Waals surface area contributed by atoms with E-state index in [9.17, 15) is 0 Å². The number of aryl methyl sites for hydroxylation is 1. The van der Waals surface area contributed by atoms with Crippen LogP contribution in [0.1, 0.15) is 51.8 Å². The van der Waals surface area contributed by atoms with Crippen LogP contribution in [0.15, 0.2) is 72.5 Å². The number of fused-ring (bicyclic) bond motifs is 1. The van der Waals surface area contributed by atoms with Gasteiger partial charge in [0.1, 0.15) is 0 Å². The lowest BCUT2D eigenvalue weighted by molar-refractivity contribution is 0.243. The second-order valence-electron chi connectivity index (χ2n) is 10.3. The van der Waals surface area contributed by atoms with E-state index in [1.807, 2.05) is 25.1 Å². The number of benzene rings is 2. The van der Waals surface area contributed by atoms with E-state index in [0.717, 1.165) is 44.5 Å². The first-order valence-corrected chi connectivity index (χ1v) is 12.3. The predicted octanol–water partition coefficient (Wildman–Crippen LogP) is 8.42. The van der Waals surface area contributed by atoms with Gasteiger partial charge in [0.2, 0.25) is 5.95 Å². The molecule has 178 valence electrons. The molecular weight excluding hydrogens is 440 g/mol. The highest BCUT2D eigenvalue weighted by Gasteiger charge is 2.28. The number of rotatable bonds is 6. The van der Waals surface area contributed by atoms with Crippen LogP contribution in [0.25, 0.3) is 11.0 Å². The topological polar surface area (TPSA) is 52.7 Å². The van der Waals surface area contributed by atoms with Crippen LogP contribution in [-0.2, 0) is 0 Å². The van der Waals surface area contributed by atoms with E-state index in [4.69, 9.17) is 16.6 Å². The third-order valence-electron chi connectivity index (χ3n) is 6.50. The molecule has 3 unspecified atom stereocenters. The van der Waals surface area contributed by atoms with Crippen molar-refractivity contribution in [1.82, 2.24) is 9.97 Å². The van der Waals surface area contributed by atoms with Crippen molar-refractivity contribution in [3.63, 3.8) is 0 Å². The second kappa shape index (κ2) is 9.71. The Bertz CT molecular complexity index is 1260. The van der Waals surface area contributed by atoms with Crippen LogP contribution in [0.3, 0.4) is 0 Å². The normalized spacial score (nSPS) is 19.4. The smallest absolute Gasteiger partial charge is 0.205 e. The van der Waals surface area contributed by atoms with Crippen LogP contribution in [0.5, 0.6) is 0 Å². The summed E-state index contributed by atoms with van der Waals surface area (Å²) in [5, 5.41) is 7.85. The summed E-state index contributed by atoms with van der Waals surface area (Å²) in [5.41, 5.74) is 6.62. The number of nitrogens with zero attached hydrogens (tertiary/aromatic N) is 1. The quantitative estimate of drug-likeness (QED) is 0.314. The number of anilines is 2. The highest BCUT2D eigenvalue weighted by molar-refractivity contribution is 6.30. The number of aromatic nitrogens is 2. The van der Waals surface area contributed by atoms with Gasteiger partial charge >= 0.3 is 0 Å². The van der Waals surface area contributed by atoms with E-state index in [-0.39, 0.29) is 11.5 Å². The Kier molecular flexibility index (Phi) is 6.90. The lowest BCUT2D eigenvalue weighted by atomic mass is 9.72. The van der Waals surface area contributed by atoms with E-state index < -0.39 is 0 Å². The summed E-state index contributed by atoms with van der Waals surface area (Å²) in [5.74, 6) is 1.75. The van der Waals surface area contributed by atoms with Crippen molar-refractivity contribution in [2.24, 2.45) is 17.3 Å². The molecule has 0 amide bonds. The fourth-order valence-electron chi connectivity index (χ4n) is 4.79. The lowest BCUT2D eigenvalue weighted by Crippen LogP contribution is -2.26. The first-order valence-electron chi connectivity index (χ1n) is 12.0. The molecule has 1 heterocycles. The highest BCUT2D eigenvalue weighted by atomic mass is 35.5. The highest BCUT2D eigenvalue weighted by Crippen LogP contribution is 2.37. The molecular formula is C29H35ClN4.